The molecule has 2 heterocycles. The van der Waals surface area contributed by atoms with Crippen molar-refractivity contribution in [1.29, 1.82) is 0 Å². The molecule has 0 saturated carbocycles. The summed E-state index contributed by atoms with van der Waals surface area (Å²) in [6, 6.07) is 7.89. The first kappa shape index (κ1) is 22.5. The summed E-state index contributed by atoms with van der Waals surface area (Å²) < 4.78 is 7.30. The second-order valence-corrected chi connectivity index (χ2v) is 8.23. The van der Waals surface area contributed by atoms with Crippen LogP contribution in [0.4, 0.5) is 0 Å². The van der Waals surface area contributed by atoms with Gasteiger partial charge in [-0.2, -0.15) is 5.10 Å². The first-order valence-corrected chi connectivity index (χ1v) is 10.9. The van der Waals surface area contributed by atoms with Crippen molar-refractivity contribution in [3.63, 3.8) is 0 Å². The zero-order chi connectivity index (χ0) is 21.5. The number of amides is 1. The third kappa shape index (κ3) is 6.17. The Kier molecular flexibility index (Phi) is 8.08. The van der Waals surface area contributed by atoms with Gasteiger partial charge in [-0.05, 0) is 44.9 Å². The highest BCUT2D eigenvalue weighted by Gasteiger charge is 2.14. The van der Waals surface area contributed by atoms with E-state index in [-0.39, 0.29) is 11.9 Å². The van der Waals surface area contributed by atoms with Crippen LogP contribution in [-0.4, -0.2) is 59.5 Å². The Morgan fingerprint density at radius 2 is 2.03 bits per heavy atom. The SMILES string of the molecule is Cc1nn(Cc2ccccc2Cl)c(C)c1C=CC(=O)NC(C)CCN1CCOCC1. The Balaban J connectivity index is 1.55. The molecule has 162 valence electrons. The van der Waals surface area contributed by atoms with E-state index in [1.807, 2.05) is 55.8 Å². The van der Waals surface area contributed by atoms with Crippen molar-refractivity contribution < 1.29 is 9.53 Å². The van der Waals surface area contributed by atoms with Crippen LogP contribution in [0.25, 0.3) is 6.08 Å². The fraction of sp³-hybridized carbons (Fsp3) is 0.478. The number of aromatic nitrogens is 2. The lowest BCUT2D eigenvalue weighted by atomic mass is 10.1. The molecule has 1 atom stereocenters. The van der Waals surface area contributed by atoms with Gasteiger partial charge in [-0.3, -0.25) is 14.4 Å². The number of halogens is 1. The normalized spacial score (nSPS) is 16.1. The van der Waals surface area contributed by atoms with Gasteiger partial charge in [-0.1, -0.05) is 29.8 Å². The molecule has 1 saturated heterocycles. The minimum Gasteiger partial charge on any atom is -0.379 e. The van der Waals surface area contributed by atoms with Gasteiger partial charge in [-0.25, -0.2) is 0 Å². The van der Waals surface area contributed by atoms with E-state index in [0.29, 0.717) is 6.54 Å². The Hall–Kier alpha value is -2.15. The van der Waals surface area contributed by atoms with E-state index in [9.17, 15) is 4.79 Å². The zero-order valence-electron chi connectivity index (χ0n) is 18.0. The van der Waals surface area contributed by atoms with E-state index in [1.165, 1.54) is 0 Å². The average molecular weight is 431 g/mol. The van der Waals surface area contributed by atoms with Crippen LogP contribution in [0, 0.1) is 13.8 Å². The van der Waals surface area contributed by atoms with Gasteiger partial charge in [0.15, 0.2) is 0 Å². The third-order valence-electron chi connectivity index (χ3n) is 5.49. The predicted molar refractivity (Wildman–Crippen MR) is 121 cm³/mol. The van der Waals surface area contributed by atoms with Crippen molar-refractivity contribution in [1.82, 2.24) is 20.0 Å². The summed E-state index contributed by atoms with van der Waals surface area (Å²) in [7, 11) is 0. The molecule has 30 heavy (non-hydrogen) atoms. The second kappa shape index (κ2) is 10.8. The van der Waals surface area contributed by atoms with Gasteiger partial charge in [0, 0.05) is 48.0 Å². The number of nitrogens with one attached hydrogen (secondary N) is 1. The van der Waals surface area contributed by atoms with Gasteiger partial charge in [0.05, 0.1) is 25.5 Å². The minimum absolute atomic E-state index is 0.0814. The maximum absolute atomic E-state index is 12.4. The fourth-order valence-corrected chi connectivity index (χ4v) is 3.81. The summed E-state index contributed by atoms with van der Waals surface area (Å²) in [5.41, 5.74) is 3.89. The highest BCUT2D eigenvalue weighted by molar-refractivity contribution is 6.31. The number of benzene rings is 1. The van der Waals surface area contributed by atoms with Crippen LogP contribution >= 0.6 is 11.6 Å². The number of hydrogen-bond acceptors (Lipinski definition) is 4. The molecular formula is C23H31ClN4O2. The molecule has 1 aliphatic rings. The van der Waals surface area contributed by atoms with Crippen molar-refractivity contribution in [2.75, 3.05) is 32.8 Å². The highest BCUT2D eigenvalue weighted by atomic mass is 35.5. The summed E-state index contributed by atoms with van der Waals surface area (Å²) in [4.78, 5) is 14.7. The van der Waals surface area contributed by atoms with Gasteiger partial charge in [0.1, 0.15) is 0 Å². The molecule has 1 amide bonds. The molecule has 6 nitrogen and oxygen atoms in total. The Morgan fingerprint density at radius 3 is 2.77 bits per heavy atom. The molecule has 0 bridgehead atoms. The minimum atomic E-state index is -0.0814. The molecule has 1 aromatic carbocycles. The maximum atomic E-state index is 12.4. The van der Waals surface area contributed by atoms with Crippen LogP contribution in [0.3, 0.4) is 0 Å². The van der Waals surface area contributed by atoms with Gasteiger partial charge >= 0.3 is 0 Å². The molecule has 1 aliphatic heterocycles. The molecule has 1 unspecified atom stereocenters. The van der Waals surface area contributed by atoms with Crippen molar-refractivity contribution in [2.45, 2.75) is 39.8 Å². The zero-order valence-corrected chi connectivity index (χ0v) is 18.8. The van der Waals surface area contributed by atoms with E-state index in [4.69, 9.17) is 16.3 Å². The van der Waals surface area contributed by atoms with E-state index >= 15 is 0 Å². The Labute approximate surface area is 183 Å². The van der Waals surface area contributed by atoms with E-state index in [1.54, 1.807) is 6.08 Å². The fourth-order valence-electron chi connectivity index (χ4n) is 3.62. The molecule has 1 aromatic heterocycles. The Morgan fingerprint density at radius 1 is 1.30 bits per heavy atom. The average Bonchev–Trinajstić information content (AvgIpc) is 3.00. The molecule has 0 aliphatic carbocycles. The number of carbonyl (C=O) groups is 1. The third-order valence-corrected chi connectivity index (χ3v) is 5.86. The summed E-state index contributed by atoms with van der Waals surface area (Å²) in [6.07, 6.45) is 4.38. The number of ether oxygens (including phenoxy) is 1. The van der Waals surface area contributed by atoms with Crippen LogP contribution < -0.4 is 5.32 Å². The predicted octanol–water partition coefficient (Wildman–Crippen LogP) is 3.44. The van der Waals surface area contributed by atoms with E-state index in [2.05, 4.69) is 15.3 Å². The molecule has 0 radical (unpaired) electrons. The molecule has 0 spiro atoms. The number of nitrogens with zero attached hydrogens (tertiary/aromatic N) is 3. The largest absolute Gasteiger partial charge is 0.379 e. The van der Waals surface area contributed by atoms with Gasteiger partial charge in [0.25, 0.3) is 0 Å². The first-order chi connectivity index (χ1) is 14.4. The number of hydrogen-bond donors (Lipinski definition) is 1. The van der Waals surface area contributed by atoms with E-state index in [0.717, 1.165) is 66.8 Å². The summed E-state index contributed by atoms with van der Waals surface area (Å²) in [5.74, 6) is -0.0814. The molecule has 3 rings (SSSR count). The number of morpholine rings is 1. The van der Waals surface area contributed by atoms with Crippen LogP contribution in [0.1, 0.15) is 35.9 Å². The van der Waals surface area contributed by atoms with Crippen LogP contribution in [0.2, 0.25) is 5.02 Å². The summed E-state index contributed by atoms with van der Waals surface area (Å²) in [5, 5.41) is 8.41. The number of aryl methyl sites for hydroxylation is 1. The van der Waals surface area contributed by atoms with E-state index < -0.39 is 0 Å². The molecule has 7 heteroatoms. The lowest BCUT2D eigenvalue weighted by Crippen LogP contribution is -2.40. The molecule has 1 fully saturated rings. The molecule has 2 aromatic rings. The van der Waals surface area contributed by atoms with Crippen molar-refractivity contribution in [3.8, 4) is 0 Å². The standard InChI is InChI=1S/C23H31ClN4O2/c1-17(10-11-27-12-14-30-15-13-27)25-23(29)9-8-21-18(2)26-28(19(21)3)16-20-6-4-5-7-22(20)24/h4-9,17H,10-16H2,1-3H3,(H,25,29). The Bertz CT molecular complexity index is 887. The summed E-state index contributed by atoms with van der Waals surface area (Å²) >= 11 is 6.28. The quantitative estimate of drug-likeness (QED) is 0.652. The van der Waals surface area contributed by atoms with Crippen molar-refractivity contribution in [3.05, 3.63) is 57.9 Å². The highest BCUT2D eigenvalue weighted by Crippen LogP contribution is 2.20. The molecule has 1 N–H and O–H groups in total. The van der Waals surface area contributed by atoms with Crippen LogP contribution in [0.15, 0.2) is 30.3 Å². The number of carbonyl (C=O) groups excluding carboxylic acids is 1. The number of rotatable bonds is 8. The monoisotopic (exact) mass is 430 g/mol. The first-order valence-electron chi connectivity index (χ1n) is 10.5. The maximum Gasteiger partial charge on any atom is 0.244 e. The smallest absolute Gasteiger partial charge is 0.244 e. The van der Waals surface area contributed by atoms with Gasteiger partial charge in [0.2, 0.25) is 5.91 Å². The lowest BCUT2D eigenvalue weighted by molar-refractivity contribution is -0.117. The lowest BCUT2D eigenvalue weighted by Gasteiger charge is -2.27. The van der Waals surface area contributed by atoms with Crippen molar-refractivity contribution in [2.24, 2.45) is 0 Å². The second-order valence-electron chi connectivity index (χ2n) is 7.82. The molecular weight excluding hydrogens is 400 g/mol. The van der Waals surface area contributed by atoms with Gasteiger partial charge < -0.3 is 10.1 Å². The van der Waals surface area contributed by atoms with Gasteiger partial charge in [-0.15, -0.1) is 0 Å². The summed E-state index contributed by atoms with van der Waals surface area (Å²) in [6.45, 7) is 11.1. The topological polar surface area (TPSA) is 59.4 Å². The van der Waals surface area contributed by atoms with Crippen LogP contribution in [0.5, 0.6) is 0 Å². The van der Waals surface area contributed by atoms with Crippen LogP contribution in [-0.2, 0) is 16.1 Å². The van der Waals surface area contributed by atoms with Crippen molar-refractivity contribution >= 4 is 23.6 Å².